The lowest BCUT2D eigenvalue weighted by molar-refractivity contribution is 0.186. The number of ether oxygens (including phenoxy) is 1. The van der Waals surface area contributed by atoms with Crippen LogP contribution in [0.2, 0.25) is 0 Å². The van der Waals surface area contributed by atoms with Crippen molar-refractivity contribution < 1.29 is 9.84 Å². The summed E-state index contributed by atoms with van der Waals surface area (Å²) < 4.78 is 7.74. The van der Waals surface area contributed by atoms with E-state index in [1.54, 1.807) is 0 Å². The highest BCUT2D eigenvalue weighted by atomic mass is 79.9. The molecule has 1 aromatic carbocycles. The van der Waals surface area contributed by atoms with Gasteiger partial charge in [-0.1, -0.05) is 22.9 Å². The summed E-state index contributed by atoms with van der Waals surface area (Å²) in [5.41, 5.74) is 0.757. The Labute approximate surface area is 132 Å². The van der Waals surface area contributed by atoms with Crippen LogP contribution in [0.5, 0.6) is 5.75 Å². The summed E-state index contributed by atoms with van der Waals surface area (Å²) in [7, 11) is 0. The average Bonchev–Trinajstić information content (AvgIpc) is 2.35. The van der Waals surface area contributed by atoms with E-state index < -0.39 is 0 Å². The van der Waals surface area contributed by atoms with Gasteiger partial charge in [0.05, 0.1) is 17.7 Å². The molecule has 3 nitrogen and oxygen atoms in total. The molecule has 0 fully saturated rings. The maximum absolute atomic E-state index is 9.28. The van der Waals surface area contributed by atoms with Crippen LogP contribution < -0.4 is 10.1 Å². The maximum Gasteiger partial charge on any atom is 0.138 e. The molecule has 0 amide bonds. The van der Waals surface area contributed by atoms with Crippen LogP contribution in [-0.4, -0.2) is 23.9 Å². The highest BCUT2D eigenvalue weighted by Gasteiger charge is 2.17. The number of halogens is 2. The molecule has 0 spiro atoms. The van der Waals surface area contributed by atoms with Gasteiger partial charge in [-0.05, 0) is 48.3 Å². The van der Waals surface area contributed by atoms with E-state index in [2.05, 4.69) is 44.1 Å². The van der Waals surface area contributed by atoms with E-state index in [1.165, 1.54) is 0 Å². The summed E-state index contributed by atoms with van der Waals surface area (Å²) in [5.74, 6) is 0.867. The summed E-state index contributed by atoms with van der Waals surface area (Å²) in [4.78, 5) is 0. The summed E-state index contributed by atoms with van der Waals surface area (Å²) >= 11 is 7.02. The Kier molecular flexibility index (Phi) is 6.80. The van der Waals surface area contributed by atoms with Crippen molar-refractivity contribution in [1.82, 2.24) is 5.32 Å². The number of benzene rings is 1. The van der Waals surface area contributed by atoms with Gasteiger partial charge in [0.1, 0.15) is 5.75 Å². The summed E-state index contributed by atoms with van der Waals surface area (Å²) in [6.07, 6.45) is 0.970. The molecule has 19 heavy (non-hydrogen) atoms. The molecule has 0 aliphatic carbocycles. The van der Waals surface area contributed by atoms with E-state index in [4.69, 9.17) is 4.74 Å². The van der Waals surface area contributed by atoms with E-state index in [9.17, 15) is 5.11 Å². The Bertz CT molecular complexity index is 422. The highest BCUT2D eigenvalue weighted by Crippen LogP contribution is 2.33. The van der Waals surface area contributed by atoms with Crippen LogP contribution in [0.1, 0.15) is 32.8 Å². The molecule has 0 aromatic heterocycles. The zero-order valence-corrected chi connectivity index (χ0v) is 14.8. The van der Waals surface area contributed by atoms with Gasteiger partial charge in [-0.15, -0.1) is 0 Å². The first kappa shape index (κ1) is 17.0. The zero-order valence-electron chi connectivity index (χ0n) is 11.6. The molecule has 0 radical (unpaired) electrons. The van der Waals surface area contributed by atoms with Crippen molar-refractivity contribution in [2.75, 3.05) is 13.2 Å². The quantitative estimate of drug-likeness (QED) is 0.737. The molecule has 108 valence electrons. The smallest absolute Gasteiger partial charge is 0.138 e. The Morgan fingerprint density at radius 3 is 2.58 bits per heavy atom. The van der Waals surface area contributed by atoms with E-state index >= 15 is 0 Å². The van der Waals surface area contributed by atoms with E-state index in [0.717, 1.165) is 26.7 Å². The standard InChI is InChI=1S/C14H21Br2NO2/c1-4-5-19-13-10(6-11(15)7-12(13)16)8-17-14(2,3)9-18/h6-7,17-18H,4-5,8-9H2,1-3H3. The van der Waals surface area contributed by atoms with Gasteiger partial charge in [0.25, 0.3) is 0 Å². The third-order valence-corrected chi connectivity index (χ3v) is 3.74. The van der Waals surface area contributed by atoms with Crippen LogP contribution >= 0.6 is 31.9 Å². The van der Waals surface area contributed by atoms with E-state index in [0.29, 0.717) is 13.2 Å². The Balaban J connectivity index is 2.90. The maximum atomic E-state index is 9.28. The monoisotopic (exact) mass is 393 g/mol. The van der Waals surface area contributed by atoms with Crippen LogP contribution in [0, 0.1) is 0 Å². The van der Waals surface area contributed by atoms with Gasteiger partial charge in [0.15, 0.2) is 0 Å². The average molecular weight is 395 g/mol. The minimum Gasteiger partial charge on any atom is -0.492 e. The number of hydrogen-bond acceptors (Lipinski definition) is 3. The Hall–Kier alpha value is -0.100. The molecule has 0 saturated carbocycles. The predicted octanol–water partition coefficient (Wildman–Crippen LogP) is 3.86. The third-order valence-electron chi connectivity index (χ3n) is 2.69. The molecular formula is C14H21Br2NO2. The van der Waals surface area contributed by atoms with Crippen molar-refractivity contribution in [1.29, 1.82) is 0 Å². The van der Waals surface area contributed by atoms with Gasteiger partial charge in [0.2, 0.25) is 0 Å². The normalized spacial score (nSPS) is 11.7. The first-order valence-corrected chi connectivity index (χ1v) is 7.95. The minimum absolute atomic E-state index is 0.0906. The summed E-state index contributed by atoms with van der Waals surface area (Å²) in [6.45, 7) is 7.44. The van der Waals surface area contributed by atoms with Gasteiger partial charge >= 0.3 is 0 Å². The van der Waals surface area contributed by atoms with Gasteiger partial charge in [0, 0.05) is 22.1 Å². The number of aliphatic hydroxyl groups is 1. The molecule has 0 aliphatic rings. The molecule has 0 heterocycles. The van der Waals surface area contributed by atoms with Crippen molar-refractivity contribution in [2.45, 2.75) is 39.3 Å². The van der Waals surface area contributed by atoms with E-state index in [-0.39, 0.29) is 12.1 Å². The van der Waals surface area contributed by atoms with Crippen LogP contribution in [0.15, 0.2) is 21.1 Å². The SMILES string of the molecule is CCCOc1c(Br)cc(Br)cc1CNC(C)(C)CO. The van der Waals surface area contributed by atoms with Crippen LogP contribution in [-0.2, 0) is 6.54 Å². The molecule has 5 heteroatoms. The molecule has 0 aliphatic heterocycles. The lowest BCUT2D eigenvalue weighted by atomic mass is 10.1. The van der Waals surface area contributed by atoms with Gasteiger partial charge in [-0.2, -0.15) is 0 Å². The second kappa shape index (κ2) is 7.62. The third kappa shape index (κ3) is 5.42. The van der Waals surface area contributed by atoms with Crippen molar-refractivity contribution in [3.63, 3.8) is 0 Å². The molecule has 2 N–H and O–H groups in total. The fraction of sp³-hybridized carbons (Fsp3) is 0.571. The first-order chi connectivity index (χ1) is 8.89. The van der Waals surface area contributed by atoms with Crippen LogP contribution in [0.4, 0.5) is 0 Å². The Morgan fingerprint density at radius 2 is 2.00 bits per heavy atom. The minimum atomic E-state index is -0.309. The largest absolute Gasteiger partial charge is 0.492 e. The molecule has 1 rings (SSSR count). The number of rotatable bonds is 7. The highest BCUT2D eigenvalue weighted by molar-refractivity contribution is 9.11. The molecule has 1 aromatic rings. The van der Waals surface area contributed by atoms with Gasteiger partial charge < -0.3 is 15.2 Å². The molecule has 0 unspecified atom stereocenters. The lowest BCUT2D eigenvalue weighted by Gasteiger charge is -2.24. The zero-order chi connectivity index (χ0) is 14.5. The first-order valence-electron chi connectivity index (χ1n) is 6.36. The van der Waals surface area contributed by atoms with Gasteiger partial charge in [-0.3, -0.25) is 0 Å². The predicted molar refractivity (Wildman–Crippen MR) is 85.6 cm³/mol. The molecule has 0 saturated heterocycles. The fourth-order valence-corrected chi connectivity index (χ4v) is 2.93. The Morgan fingerprint density at radius 1 is 1.32 bits per heavy atom. The summed E-state index contributed by atoms with van der Waals surface area (Å²) in [6, 6.07) is 4.02. The topological polar surface area (TPSA) is 41.5 Å². The number of nitrogens with one attached hydrogen (secondary N) is 1. The van der Waals surface area contributed by atoms with E-state index in [1.807, 2.05) is 26.0 Å². The number of hydrogen-bond donors (Lipinski definition) is 2. The van der Waals surface area contributed by atoms with Crippen molar-refractivity contribution >= 4 is 31.9 Å². The molecule has 0 atom stereocenters. The summed E-state index contributed by atoms with van der Waals surface area (Å²) in [5, 5.41) is 12.6. The second-order valence-corrected chi connectivity index (χ2v) is 6.89. The second-order valence-electron chi connectivity index (χ2n) is 5.12. The van der Waals surface area contributed by atoms with Crippen molar-refractivity contribution in [2.24, 2.45) is 0 Å². The van der Waals surface area contributed by atoms with Crippen LogP contribution in [0.3, 0.4) is 0 Å². The van der Waals surface area contributed by atoms with Crippen LogP contribution in [0.25, 0.3) is 0 Å². The van der Waals surface area contributed by atoms with Gasteiger partial charge in [-0.25, -0.2) is 0 Å². The fourth-order valence-electron chi connectivity index (χ4n) is 1.50. The van der Waals surface area contributed by atoms with Crippen molar-refractivity contribution in [3.05, 3.63) is 26.6 Å². The molecular weight excluding hydrogens is 374 g/mol. The molecule has 0 bridgehead atoms. The van der Waals surface area contributed by atoms with Crippen molar-refractivity contribution in [3.8, 4) is 5.75 Å². The number of aliphatic hydroxyl groups excluding tert-OH is 1. The lowest BCUT2D eigenvalue weighted by Crippen LogP contribution is -2.42.